The molecule has 1 saturated heterocycles. The number of amides is 2. The van der Waals surface area contributed by atoms with Crippen molar-refractivity contribution in [1.29, 1.82) is 0 Å². The Morgan fingerprint density at radius 1 is 1.42 bits per heavy atom. The Balaban J connectivity index is 1.72. The number of piperidine rings is 1. The van der Waals surface area contributed by atoms with Gasteiger partial charge in [-0.25, -0.2) is 0 Å². The van der Waals surface area contributed by atoms with E-state index in [1.54, 1.807) is 24.5 Å². The highest BCUT2D eigenvalue weighted by Gasteiger charge is 2.20. The molecular weight excluding hydrogens is 244 g/mol. The molecule has 0 aromatic carbocycles. The molecule has 102 valence electrons. The molecule has 6 nitrogen and oxygen atoms in total. The predicted molar refractivity (Wildman–Crippen MR) is 71.5 cm³/mol. The molecule has 2 heterocycles. The van der Waals surface area contributed by atoms with Gasteiger partial charge in [-0.05, 0) is 31.5 Å². The Bertz CT molecular complexity index is 430. The van der Waals surface area contributed by atoms with Crippen LogP contribution in [-0.2, 0) is 9.59 Å². The number of hydrogen-bond donors (Lipinski definition) is 3. The summed E-state index contributed by atoms with van der Waals surface area (Å²) in [6, 6.07) is 3.31. The van der Waals surface area contributed by atoms with Crippen LogP contribution in [0.4, 0.5) is 5.69 Å². The van der Waals surface area contributed by atoms with Crippen LogP contribution in [0.1, 0.15) is 19.3 Å². The largest absolute Gasteiger partial charge is 0.346 e. The number of carbonyl (C=O) groups excluding carboxylic acids is 2. The number of aromatic nitrogens is 1. The molecule has 1 fully saturated rings. The summed E-state index contributed by atoms with van der Waals surface area (Å²) in [5.41, 5.74) is 0.623. The average molecular weight is 262 g/mol. The van der Waals surface area contributed by atoms with Crippen molar-refractivity contribution in [1.82, 2.24) is 15.6 Å². The van der Waals surface area contributed by atoms with Gasteiger partial charge in [-0.15, -0.1) is 0 Å². The molecule has 0 spiro atoms. The van der Waals surface area contributed by atoms with E-state index in [2.05, 4.69) is 20.9 Å². The van der Waals surface area contributed by atoms with Gasteiger partial charge < -0.3 is 16.0 Å². The lowest BCUT2D eigenvalue weighted by atomic mass is 10.0. The molecule has 1 atom stereocenters. The van der Waals surface area contributed by atoms with Gasteiger partial charge in [0.2, 0.25) is 11.8 Å². The number of anilines is 1. The predicted octanol–water partition coefficient (Wildman–Crippen LogP) is 0.278. The Morgan fingerprint density at radius 3 is 3.00 bits per heavy atom. The zero-order valence-electron chi connectivity index (χ0n) is 10.7. The molecule has 0 unspecified atom stereocenters. The van der Waals surface area contributed by atoms with Gasteiger partial charge in [0.05, 0.1) is 24.5 Å². The van der Waals surface area contributed by atoms with Crippen LogP contribution in [0.15, 0.2) is 24.5 Å². The second-order valence-corrected chi connectivity index (χ2v) is 4.51. The second-order valence-electron chi connectivity index (χ2n) is 4.51. The van der Waals surface area contributed by atoms with Gasteiger partial charge in [0.25, 0.3) is 0 Å². The van der Waals surface area contributed by atoms with Gasteiger partial charge in [0, 0.05) is 6.20 Å². The van der Waals surface area contributed by atoms with Crippen molar-refractivity contribution in [2.24, 2.45) is 0 Å². The van der Waals surface area contributed by atoms with Crippen molar-refractivity contribution in [3.63, 3.8) is 0 Å². The van der Waals surface area contributed by atoms with Gasteiger partial charge in [-0.3, -0.25) is 14.6 Å². The summed E-state index contributed by atoms with van der Waals surface area (Å²) < 4.78 is 0. The van der Waals surface area contributed by atoms with Crippen molar-refractivity contribution in [3.05, 3.63) is 24.5 Å². The Kier molecular flexibility index (Phi) is 4.85. The maximum Gasteiger partial charge on any atom is 0.243 e. The minimum atomic E-state index is -0.253. The van der Waals surface area contributed by atoms with E-state index in [0.29, 0.717) is 5.69 Å². The first-order valence-corrected chi connectivity index (χ1v) is 6.46. The fraction of sp³-hybridized carbons (Fsp3) is 0.462. The summed E-state index contributed by atoms with van der Waals surface area (Å²) in [6.45, 7) is 0.839. The lowest BCUT2D eigenvalue weighted by molar-refractivity contribution is -0.126. The van der Waals surface area contributed by atoms with Crippen molar-refractivity contribution >= 4 is 17.5 Å². The van der Waals surface area contributed by atoms with E-state index in [0.717, 1.165) is 25.8 Å². The number of rotatable bonds is 4. The van der Waals surface area contributed by atoms with Crippen molar-refractivity contribution < 1.29 is 9.59 Å². The van der Waals surface area contributed by atoms with Crippen LogP contribution in [-0.4, -0.2) is 35.9 Å². The van der Waals surface area contributed by atoms with E-state index in [1.165, 1.54) is 0 Å². The fourth-order valence-corrected chi connectivity index (χ4v) is 2.01. The standard InChI is InChI=1S/C13H18N4O2/c18-12(17-10-4-3-6-14-8-10)9-16-13(19)11-5-1-2-7-15-11/h3-4,6,8,11,15H,1-2,5,7,9H2,(H,16,19)(H,17,18)/t11-/m1/s1. The molecule has 0 aliphatic carbocycles. The Hall–Kier alpha value is -1.95. The Labute approximate surface area is 112 Å². The Morgan fingerprint density at radius 2 is 2.32 bits per heavy atom. The van der Waals surface area contributed by atoms with Crippen molar-refractivity contribution in [2.45, 2.75) is 25.3 Å². The summed E-state index contributed by atoms with van der Waals surface area (Å²) in [7, 11) is 0. The fourth-order valence-electron chi connectivity index (χ4n) is 2.01. The lowest BCUT2D eigenvalue weighted by Gasteiger charge is -2.22. The maximum absolute atomic E-state index is 11.8. The summed E-state index contributed by atoms with van der Waals surface area (Å²) in [5.74, 6) is -0.363. The van der Waals surface area contributed by atoms with Crippen LogP contribution in [0, 0.1) is 0 Å². The van der Waals surface area contributed by atoms with Crippen LogP contribution in [0.2, 0.25) is 0 Å². The number of hydrogen-bond acceptors (Lipinski definition) is 4. The summed E-state index contributed by atoms with van der Waals surface area (Å²) in [4.78, 5) is 27.3. The molecule has 3 N–H and O–H groups in total. The number of pyridine rings is 1. The van der Waals surface area contributed by atoms with E-state index >= 15 is 0 Å². The van der Waals surface area contributed by atoms with E-state index in [4.69, 9.17) is 0 Å². The van der Waals surface area contributed by atoms with Gasteiger partial charge in [0.15, 0.2) is 0 Å². The molecule has 0 radical (unpaired) electrons. The number of nitrogens with zero attached hydrogens (tertiary/aromatic N) is 1. The van der Waals surface area contributed by atoms with Crippen molar-refractivity contribution in [2.75, 3.05) is 18.4 Å². The van der Waals surface area contributed by atoms with Gasteiger partial charge in [-0.2, -0.15) is 0 Å². The normalized spacial score (nSPS) is 18.6. The molecule has 1 aliphatic rings. The number of carbonyl (C=O) groups is 2. The molecule has 6 heteroatoms. The molecule has 2 amide bonds. The van der Waals surface area contributed by atoms with Gasteiger partial charge in [-0.1, -0.05) is 6.42 Å². The number of nitrogens with one attached hydrogen (secondary N) is 3. The zero-order valence-corrected chi connectivity index (χ0v) is 10.7. The van der Waals surface area contributed by atoms with Crippen LogP contribution in [0.25, 0.3) is 0 Å². The topological polar surface area (TPSA) is 83.1 Å². The van der Waals surface area contributed by atoms with Crippen LogP contribution in [0.5, 0.6) is 0 Å². The molecule has 0 saturated carbocycles. The smallest absolute Gasteiger partial charge is 0.243 e. The van der Waals surface area contributed by atoms with Crippen molar-refractivity contribution in [3.8, 4) is 0 Å². The highest BCUT2D eigenvalue weighted by atomic mass is 16.2. The summed E-state index contributed by atoms with van der Waals surface area (Å²) in [6.07, 6.45) is 6.17. The third kappa shape index (κ3) is 4.33. The van der Waals surface area contributed by atoms with Crippen LogP contribution in [0.3, 0.4) is 0 Å². The summed E-state index contributed by atoms with van der Waals surface area (Å²) >= 11 is 0. The average Bonchev–Trinajstić information content (AvgIpc) is 2.47. The molecule has 1 aromatic rings. The quantitative estimate of drug-likeness (QED) is 0.727. The van der Waals surface area contributed by atoms with E-state index < -0.39 is 0 Å². The first-order valence-electron chi connectivity index (χ1n) is 6.46. The van der Waals surface area contributed by atoms with Crippen LogP contribution < -0.4 is 16.0 Å². The monoisotopic (exact) mass is 262 g/mol. The van der Waals surface area contributed by atoms with E-state index in [1.807, 2.05) is 0 Å². The lowest BCUT2D eigenvalue weighted by Crippen LogP contribution is -2.48. The SMILES string of the molecule is O=C(CNC(=O)[C@H]1CCCCN1)Nc1cccnc1. The third-order valence-corrected chi connectivity index (χ3v) is 3.00. The molecule has 1 aliphatic heterocycles. The second kappa shape index (κ2) is 6.84. The van der Waals surface area contributed by atoms with Gasteiger partial charge >= 0.3 is 0 Å². The zero-order chi connectivity index (χ0) is 13.5. The van der Waals surface area contributed by atoms with Crippen LogP contribution >= 0.6 is 0 Å². The summed E-state index contributed by atoms with van der Waals surface area (Å²) in [5, 5.41) is 8.44. The molecule has 19 heavy (non-hydrogen) atoms. The van der Waals surface area contributed by atoms with E-state index in [-0.39, 0.29) is 24.4 Å². The van der Waals surface area contributed by atoms with Gasteiger partial charge in [0.1, 0.15) is 0 Å². The first kappa shape index (κ1) is 13.5. The maximum atomic E-state index is 11.8. The molecule has 2 rings (SSSR count). The minimum absolute atomic E-state index is 0.0219. The molecular formula is C13H18N4O2. The highest BCUT2D eigenvalue weighted by Crippen LogP contribution is 2.06. The highest BCUT2D eigenvalue weighted by molar-refractivity contribution is 5.95. The minimum Gasteiger partial charge on any atom is -0.346 e. The molecule has 0 bridgehead atoms. The molecule has 1 aromatic heterocycles. The van der Waals surface area contributed by atoms with E-state index in [9.17, 15) is 9.59 Å². The first-order chi connectivity index (χ1) is 9.25. The third-order valence-electron chi connectivity index (χ3n) is 3.00.